The van der Waals surface area contributed by atoms with E-state index in [0.717, 1.165) is 6.42 Å². The van der Waals surface area contributed by atoms with Crippen molar-refractivity contribution in [1.29, 1.82) is 0 Å². The van der Waals surface area contributed by atoms with Crippen molar-refractivity contribution in [3.63, 3.8) is 0 Å². The van der Waals surface area contributed by atoms with Crippen LogP contribution in [-0.4, -0.2) is 47.6 Å². The third-order valence-electron chi connectivity index (χ3n) is 4.54. The molecule has 0 bridgehead atoms. The summed E-state index contributed by atoms with van der Waals surface area (Å²) in [6.45, 7) is 0.721. The maximum absolute atomic E-state index is 13.7. The molecule has 0 aromatic carbocycles. The third kappa shape index (κ3) is 4.04. The molecule has 0 aromatic heterocycles. The van der Waals surface area contributed by atoms with Gasteiger partial charge in [-0.15, -0.1) is 0 Å². The van der Waals surface area contributed by atoms with Crippen molar-refractivity contribution in [3.05, 3.63) is 0 Å². The van der Waals surface area contributed by atoms with E-state index in [9.17, 15) is 18.4 Å². The number of aliphatic carboxylic acids is 1. The molecule has 1 aliphatic heterocycles. The van der Waals surface area contributed by atoms with Crippen LogP contribution in [0.15, 0.2) is 0 Å². The van der Waals surface area contributed by atoms with Crippen LogP contribution in [0.1, 0.15) is 38.5 Å². The second kappa shape index (κ2) is 6.58. The zero-order valence-electron chi connectivity index (χ0n) is 12.0. The van der Waals surface area contributed by atoms with Gasteiger partial charge in [0.05, 0.1) is 5.92 Å². The fraction of sp³-hybridized carbons (Fsp3) is 0.857. The Labute approximate surface area is 122 Å². The van der Waals surface area contributed by atoms with Gasteiger partial charge in [0.25, 0.3) is 5.92 Å². The first-order valence-corrected chi connectivity index (χ1v) is 7.53. The number of carbonyl (C=O) groups is 2. The minimum absolute atomic E-state index is 0.00923. The number of piperidine rings is 1. The Balaban J connectivity index is 1.76. The number of carboxylic acids is 1. The number of amides is 2. The summed E-state index contributed by atoms with van der Waals surface area (Å²) in [6.07, 6.45) is 2.50. The molecule has 0 radical (unpaired) electrons. The molecular formula is C14H22F2N2O3. The molecule has 1 aliphatic carbocycles. The summed E-state index contributed by atoms with van der Waals surface area (Å²) < 4.78 is 27.3. The van der Waals surface area contributed by atoms with Crippen LogP contribution in [0.4, 0.5) is 13.6 Å². The number of nitrogens with one attached hydrogen (secondary N) is 1. The lowest BCUT2D eigenvalue weighted by atomic mass is 9.85. The number of alkyl halides is 2. The quantitative estimate of drug-likeness (QED) is 0.840. The summed E-state index contributed by atoms with van der Waals surface area (Å²) in [5.41, 5.74) is 0. The van der Waals surface area contributed by atoms with Gasteiger partial charge in [-0.05, 0) is 25.7 Å². The van der Waals surface area contributed by atoms with Crippen LogP contribution in [0.3, 0.4) is 0 Å². The molecule has 0 spiro atoms. The Hall–Kier alpha value is -1.40. The van der Waals surface area contributed by atoms with E-state index in [1.807, 2.05) is 0 Å². The summed E-state index contributed by atoms with van der Waals surface area (Å²) in [7, 11) is 0. The standard InChI is InChI=1S/C14H22F2N2O3/c15-14(16)6-2-1-3-11(14)9-17-13(21)18-7-4-10(5-8-18)12(19)20/h10-11H,1-9H2,(H,17,21)(H,19,20). The van der Waals surface area contributed by atoms with Crippen LogP contribution in [0.2, 0.25) is 0 Å². The predicted molar refractivity (Wildman–Crippen MR) is 72.2 cm³/mol. The number of rotatable bonds is 3. The lowest BCUT2D eigenvalue weighted by Crippen LogP contribution is -2.48. The van der Waals surface area contributed by atoms with Gasteiger partial charge in [0.15, 0.2) is 0 Å². The fourth-order valence-corrected chi connectivity index (χ4v) is 3.07. The van der Waals surface area contributed by atoms with Crippen molar-refractivity contribution in [2.45, 2.75) is 44.4 Å². The first-order chi connectivity index (χ1) is 9.90. The highest BCUT2D eigenvalue weighted by Gasteiger charge is 2.41. The number of hydrogen-bond donors (Lipinski definition) is 2. The number of hydrogen-bond acceptors (Lipinski definition) is 2. The van der Waals surface area contributed by atoms with Crippen LogP contribution < -0.4 is 5.32 Å². The van der Waals surface area contributed by atoms with Crippen molar-refractivity contribution in [1.82, 2.24) is 10.2 Å². The average molecular weight is 304 g/mol. The highest BCUT2D eigenvalue weighted by molar-refractivity contribution is 5.75. The number of urea groups is 1. The van der Waals surface area contributed by atoms with E-state index >= 15 is 0 Å². The zero-order valence-corrected chi connectivity index (χ0v) is 12.0. The fourth-order valence-electron chi connectivity index (χ4n) is 3.07. The van der Waals surface area contributed by atoms with Gasteiger partial charge in [-0.25, -0.2) is 13.6 Å². The van der Waals surface area contributed by atoms with E-state index in [1.165, 1.54) is 4.90 Å². The molecular weight excluding hydrogens is 282 g/mol. The SMILES string of the molecule is O=C(O)C1CCN(C(=O)NCC2CCCCC2(F)F)CC1. The predicted octanol–water partition coefficient (Wildman–Crippen LogP) is 2.32. The van der Waals surface area contributed by atoms with Crippen LogP contribution in [0.5, 0.6) is 0 Å². The first kappa shape index (κ1) is 16.0. The maximum Gasteiger partial charge on any atom is 0.317 e. The lowest BCUT2D eigenvalue weighted by Gasteiger charge is -2.33. The minimum atomic E-state index is -2.69. The monoisotopic (exact) mass is 304 g/mol. The normalized spacial score (nSPS) is 26.4. The van der Waals surface area contributed by atoms with E-state index in [4.69, 9.17) is 5.11 Å². The van der Waals surface area contributed by atoms with Crippen LogP contribution in [0.25, 0.3) is 0 Å². The van der Waals surface area contributed by atoms with E-state index in [-0.39, 0.29) is 19.0 Å². The molecule has 2 N–H and O–H groups in total. The van der Waals surface area contributed by atoms with Crippen LogP contribution >= 0.6 is 0 Å². The van der Waals surface area contributed by atoms with Crippen molar-refractivity contribution in [3.8, 4) is 0 Å². The zero-order chi connectivity index (χ0) is 15.5. The Kier molecular flexibility index (Phi) is 5.00. The molecule has 1 unspecified atom stereocenters. The van der Waals surface area contributed by atoms with E-state index in [1.54, 1.807) is 0 Å². The summed E-state index contributed by atoms with van der Waals surface area (Å²) >= 11 is 0. The highest BCUT2D eigenvalue weighted by atomic mass is 19.3. The Bertz CT molecular complexity index is 396. The topological polar surface area (TPSA) is 69.6 Å². The second-order valence-electron chi connectivity index (χ2n) is 5.99. The van der Waals surface area contributed by atoms with Gasteiger partial charge in [0.1, 0.15) is 0 Å². The second-order valence-corrected chi connectivity index (χ2v) is 5.99. The van der Waals surface area contributed by atoms with E-state index in [0.29, 0.717) is 38.8 Å². The van der Waals surface area contributed by atoms with Gasteiger partial charge < -0.3 is 15.3 Å². The number of carbonyl (C=O) groups excluding carboxylic acids is 1. The van der Waals surface area contributed by atoms with Crippen LogP contribution in [-0.2, 0) is 4.79 Å². The van der Waals surface area contributed by atoms with E-state index in [2.05, 4.69) is 5.32 Å². The molecule has 21 heavy (non-hydrogen) atoms. The highest BCUT2D eigenvalue weighted by Crippen LogP contribution is 2.37. The molecule has 2 rings (SSSR count). The molecule has 0 aromatic rings. The molecule has 2 amide bonds. The lowest BCUT2D eigenvalue weighted by molar-refractivity contribution is -0.143. The molecule has 1 saturated heterocycles. The van der Waals surface area contributed by atoms with Crippen molar-refractivity contribution >= 4 is 12.0 Å². The number of halogens is 2. The number of nitrogens with zero attached hydrogens (tertiary/aromatic N) is 1. The molecule has 1 heterocycles. The van der Waals surface area contributed by atoms with Crippen molar-refractivity contribution < 1.29 is 23.5 Å². The van der Waals surface area contributed by atoms with Gasteiger partial charge in [-0.3, -0.25) is 4.79 Å². The molecule has 2 fully saturated rings. The van der Waals surface area contributed by atoms with Crippen molar-refractivity contribution in [2.24, 2.45) is 11.8 Å². The Morgan fingerprint density at radius 3 is 2.43 bits per heavy atom. The summed E-state index contributed by atoms with van der Waals surface area (Å²) in [5.74, 6) is -4.72. The van der Waals surface area contributed by atoms with Gasteiger partial charge >= 0.3 is 12.0 Å². The Morgan fingerprint density at radius 2 is 1.86 bits per heavy atom. The third-order valence-corrected chi connectivity index (χ3v) is 4.54. The number of carboxylic acid groups (broad SMARTS) is 1. The molecule has 7 heteroatoms. The van der Waals surface area contributed by atoms with E-state index < -0.39 is 23.7 Å². The molecule has 2 aliphatic rings. The molecule has 120 valence electrons. The minimum Gasteiger partial charge on any atom is -0.481 e. The van der Waals surface area contributed by atoms with Gasteiger partial charge in [-0.1, -0.05) is 6.42 Å². The molecule has 1 saturated carbocycles. The van der Waals surface area contributed by atoms with Gasteiger partial charge in [-0.2, -0.15) is 0 Å². The smallest absolute Gasteiger partial charge is 0.317 e. The van der Waals surface area contributed by atoms with Crippen molar-refractivity contribution in [2.75, 3.05) is 19.6 Å². The maximum atomic E-state index is 13.7. The average Bonchev–Trinajstić information content (AvgIpc) is 2.45. The van der Waals surface area contributed by atoms with Crippen LogP contribution in [0, 0.1) is 11.8 Å². The summed E-state index contributed by atoms with van der Waals surface area (Å²) in [5, 5.41) is 11.5. The molecule has 1 atom stereocenters. The first-order valence-electron chi connectivity index (χ1n) is 7.53. The molecule has 5 nitrogen and oxygen atoms in total. The van der Waals surface area contributed by atoms with Gasteiger partial charge in [0.2, 0.25) is 0 Å². The summed E-state index contributed by atoms with van der Waals surface area (Å²) in [4.78, 5) is 24.3. The number of likely N-dealkylation sites (tertiary alicyclic amines) is 1. The summed E-state index contributed by atoms with van der Waals surface area (Å²) in [6, 6.07) is -0.361. The van der Waals surface area contributed by atoms with Gasteiger partial charge in [0, 0.05) is 32.0 Å². The Morgan fingerprint density at radius 1 is 1.19 bits per heavy atom. The largest absolute Gasteiger partial charge is 0.481 e.